The number of esters is 1. The van der Waals surface area contributed by atoms with Gasteiger partial charge < -0.3 is 20.1 Å². The van der Waals surface area contributed by atoms with Crippen LogP contribution >= 0.6 is 0 Å². The van der Waals surface area contributed by atoms with Crippen molar-refractivity contribution in [2.24, 2.45) is 5.92 Å². The number of amides is 2. The number of nitrogens with zero attached hydrogens (tertiary/aromatic N) is 1. The molecule has 2 amide bonds. The number of hydrogen-bond acceptors (Lipinski definition) is 4. The largest absolute Gasteiger partial charge is 0.481 e. The van der Waals surface area contributed by atoms with Gasteiger partial charge in [-0.25, -0.2) is 4.79 Å². The lowest BCUT2D eigenvalue weighted by Gasteiger charge is -2.18. The molecule has 0 rings (SSSR count). The maximum absolute atomic E-state index is 11.6. The van der Waals surface area contributed by atoms with E-state index in [2.05, 4.69) is 5.32 Å². The van der Waals surface area contributed by atoms with E-state index in [-0.39, 0.29) is 19.7 Å². The fourth-order valence-electron chi connectivity index (χ4n) is 1.48. The number of carboxylic acids is 1. The summed E-state index contributed by atoms with van der Waals surface area (Å²) in [5, 5.41) is 11.4. The van der Waals surface area contributed by atoms with Crippen molar-refractivity contribution in [3.63, 3.8) is 0 Å². The van der Waals surface area contributed by atoms with Gasteiger partial charge in [-0.3, -0.25) is 9.59 Å². The number of carbonyl (C=O) groups excluding carboxylic acids is 2. The van der Waals surface area contributed by atoms with Gasteiger partial charge in [-0.15, -0.1) is 0 Å². The highest BCUT2D eigenvalue weighted by Gasteiger charge is 2.19. The summed E-state index contributed by atoms with van der Waals surface area (Å²) in [6, 6.07) is -0.490. The first-order valence-electron chi connectivity index (χ1n) is 6.29. The Morgan fingerprint density at radius 3 is 2.42 bits per heavy atom. The van der Waals surface area contributed by atoms with Crippen molar-refractivity contribution in [1.29, 1.82) is 0 Å². The van der Waals surface area contributed by atoms with Gasteiger partial charge >= 0.3 is 18.0 Å². The van der Waals surface area contributed by atoms with Gasteiger partial charge in [0, 0.05) is 13.6 Å². The molecule has 0 radical (unpaired) electrons. The fraction of sp³-hybridized carbons (Fsp3) is 0.750. The van der Waals surface area contributed by atoms with Crippen LogP contribution in [-0.2, 0) is 14.3 Å². The zero-order valence-electron chi connectivity index (χ0n) is 11.6. The minimum Gasteiger partial charge on any atom is -0.481 e. The molecule has 0 heterocycles. The molecule has 1 atom stereocenters. The van der Waals surface area contributed by atoms with Crippen molar-refractivity contribution >= 4 is 18.0 Å². The number of aliphatic carboxylic acids is 1. The Morgan fingerprint density at radius 2 is 1.95 bits per heavy atom. The molecule has 0 bridgehead atoms. The number of hydrogen-bond donors (Lipinski definition) is 2. The van der Waals surface area contributed by atoms with E-state index in [4.69, 9.17) is 9.84 Å². The van der Waals surface area contributed by atoms with E-state index in [9.17, 15) is 14.4 Å². The molecule has 2 N–H and O–H groups in total. The highest BCUT2D eigenvalue weighted by Crippen LogP contribution is 2.05. The van der Waals surface area contributed by atoms with Crippen LogP contribution in [-0.4, -0.2) is 54.7 Å². The Bertz CT molecular complexity index is 319. The van der Waals surface area contributed by atoms with Gasteiger partial charge in [0.15, 0.2) is 0 Å². The van der Waals surface area contributed by atoms with Crippen LogP contribution in [0.25, 0.3) is 0 Å². The maximum atomic E-state index is 11.6. The smallest absolute Gasteiger partial charge is 0.325 e. The lowest BCUT2D eigenvalue weighted by Crippen LogP contribution is -2.43. The predicted molar refractivity (Wildman–Crippen MR) is 68.7 cm³/mol. The number of carboxylic acid groups (broad SMARTS) is 1. The molecule has 0 saturated heterocycles. The second-order valence-corrected chi connectivity index (χ2v) is 4.17. The Kier molecular flexibility index (Phi) is 8.32. The third-order valence-corrected chi connectivity index (χ3v) is 2.50. The Labute approximate surface area is 112 Å². The Morgan fingerprint density at radius 1 is 1.32 bits per heavy atom. The molecule has 7 heteroatoms. The lowest BCUT2D eigenvalue weighted by molar-refractivity contribution is -0.144. The highest BCUT2D eigenvalue weighted by atomic mass is 16.5. The van der Waals surface area contributed by atoms with Gasteiger partial charge in [0.1, 0.15) is 6.54 Å². The SMILES string of the molecule is CCCC(CNC(=O)N(C)CC(=O)OCC)C(=O)O. The van der Waals surface area contributed by atoms with E-state index in [1.54, 1.807) is 6.92 Å². The van der Waals surface area contributed by atoms with Crippen molar-refractivity contribution in [2.75, 3.05) is 26.7 Å². The summed E-state index contributed by atoms with van der Waals surface area (Å²) in [5.41, 5.74) is 0. The molecule has 0 aliphatic carbocycles. The highest BCUT2D eigenvalue weighted by molar-refractivity contribution is 5.81. The van der Waals surface area contributed by atoms with Gasteiger partial charge in [-0.2, -0.15) is 0 Å². The van der Waals surface area contributed by atoms with Crippen LogP contribution in [0.15, 0.2) is 0 Å². The third kappa shape index (κ3) is 7.28. The molecule has 0 aliphatic heterocycles. The van der Waals surface area contributed by atoms with Gasteiger partial charge in [0.25, 0.3) is 0 Å². The average molecular weight is 274 g/mol. The molecule has 0 aromatic rings. The first kappa shape index (κ1) is 17.2. The molecule has 0 aromatic carbocycles. The number of likely N-dealkylation sites (N-methyl/N-ethyl adjacent to an activating group) is 1. The van der Waals surface area contributed by atoms with Crippen LogP contribution in [0.5, 0.6) is 0 Å². The summed E-state index contributed by atoms with van der Waals surface area (Å²) in [5.74, 6) is -2.04. The van der Waals surface area contributed by atoms with Crippen LogP contribution in [0.3, 0.4) is 0 Å². The van der Waals surface area contributed by atoms with E-state index in [1.165, 1.54) is 7.05 Å². The Hall–Kier alpha value is -1.79. The summed E-state index contributed by atoms with van der Waals surface area (Å²) in [6.07, 6.45) is 1.22. The molecule has 0 fully saturated rings. The van der Waals surface area contributed by atoms with Gasteiger partial charge in [-0.1, -0.05) is 13.3 Å². The van der Waals surface area contributed by atoms with E-state index in [0.29, 0.717) is 6.42 Å². The quantitative estimate of drug-likeness (QED) is 0.635. The fourth-order valence-corrected chi connectivity index (χ4v) is 1.48. The second-order valence-electron chi connectivity index (χ2n) is 4.17. The number of urea groups is 1. The molecule has 0 aromatic heterocycles. The molecule has 110 valence electrons. The zero-order chi connectivity index (χ0) is 14.8. The third-order valence-electron chi connectivity index (χ3n) is 2.50. The van der Waals surface area contributed by atoms with E-state index in [1.807, 2.05) is 6.92 Å². The minimum absolute atomic E-state index is 0.0508. The number of nitrogens with one attached hydrogen (secondary N) is 1. The first-order valence-corrected chi connectivity index (χ1v) is 6.29. The van der Waals surface area contributed by atoms with E-state index < -0.39 is 23.9 Å². The van der Waals surface area contributed by atoms with Crippen molar-refractivity contribution in [3.05, 3.63) is 0 Å². The van der Waals surface area contributed by atoms with Crippen molar-refractivity contribution in [1.82, 2.24) is 10.2 Å². The van der Waals surface area contributed by atoms with Gasteiger partial charge in [0.05, 0.1) is 12.5 Å². The van der Waals surface area contributed by atoms with E-state index >= 15 is 0 Å². The Balaban J connectivity index is 4.14. The van der Waals surface area contributed by atoms with E-state index in [0.717, 1.165) is 11.3 Å². The summed E-state index contributed by atoms with van der Waals surface area (Å²) >= 11 is 0. The molecule has 0 aliphatic rings. The van der Waals surface area contributed by atoms with Crippen LogP contribution < -0.4 is 5.32 Å². The average Bonchev–Trinajstić information content (AvgIpc) is 2.33. The second kappa shape index (κ2) is 9.18. The monoisotopic (exact) mass is 274 g/mol. The van der Waals surface area contributed by atoms with Gasteiger partial charge in [0.2, 0.25) is 0 Å². The van der Waals surface area contributed by atoms with Crippen LogP contribution in [0, 0.1) is 5.92 Å². The number of rotatable bonds is 8. The first-order chi connectivity index (χ1) is 8.92. The van der Waals surface area contributed by atoms with Crippen LogP contribution in [0.1, 0.15) is 26.7 Å². The predicted octanol–water partition coefficient (Wildman–Crippen LogP) is 0.692. The molecule has 0 saturated carbocycles. The topological polar surface area (TPSA) is 95.9 Å². The van der Waals surface area contributed by atoms with Crippen molar-refractivity contribution < 1.29 is 24.2 Å². The minimum atomic E-state index is -0.935. The van der Waals surface area contributed by atoms with Crippen LogP contribution in [0.4, 0.5) is 4.79 Å². The standard InChI is InChI=1S/C12H22N2O5/c1-4-6-9(11(16)17)7-13-12(18)14(3)8-10(15)19-5-2/h9H,4-8H2,1-3H3,(H,13,18)(H,16,17). The maximum Gasteiger partial charge on any atom is 0.325 e. The molecule has 7 nitrogen and oxygen atoms in total. The zero-order valence-corrected chi connectivity index (χ0v) is 11.6. The molecule has 0 spiro atoms. The molecular weight excluding hydrogens is 252 g/mol. The lowest BCUT2D eigenvalue weighted by atomic mass is 10.0. The van der Waals surface area contributed by atoms with Crippen molar-refractivity contribution in [2.45, 2.75) is 26.7 Å². The summed E-state index contributed by atoms with van der Waals surface area (Å²) in [7, 11) is 1.45. The molecule has 19 heavy (non-hydrogen) atoms. The van der Waals surface area contributed by atoms with Crippen molar-refractivity contribution in [3.8, 4) is 0 Å². The molecular formula is C12H22N2O5. The summed E-state index contributed by atoms with van der Waals surface area (Å²) < 4.78 is 4.71. The van der Waals surface area contributed by atoms with Crippen LogP contribution in [0.2, 0.25) is 0 Å². The summed E-state index contributed by atoms with van der Waals surface area (Å²) in [6.45, 7) is 3.71. The summed E-state index contributed by atoms with van der Waals surface area (Å²) in [4.78, 5) is 34.8. The normalized spacial score (nSPS) is 11.5. The number of ether oxygens (including phenoxy) is 1. The number of carbonyl (C=O) groups is 3. The van der Waals surface area contributed by atoms with Gasteiger partial charge in [-0.05, 0) is 13.3 Å². The molecule has 1 unspecified atom stereocenters.